The summed E-state index contributed by atoms with van der Waals surface area (Å²) in [5, 5.41) is 0. The molecule has 3 nitrogen and oxygen atoms in total. The topological polar surface area (TPSA) is 46.5 Å². The highest BCUT2D eigenvalue weighted by Gasteiger charge is 2.25. The van der Waals surface area contributed by atoms with Crippen LogP contribution in [0.25, 0.3) is 0 Å². The van der Waals surface area contributed by atoms with E-state index in [2.05, 4.69) is 4.52 Å². The Labute approximate surface area is 80.1 Å². The smallest absolute Gasteiger partial charge is 0.324 e. The highest BCUT2D eigenvalue weighted by atomic mass is 35.6. The van der Waals surface area contributed by atoms with E-state index in [4.69, 9.17) is 39.7 Å². The van der Waals surface area contributed by atoms with Crippen LogP contribution in [-0.2, 0) is 9.09 Å². The van der Waals surface area contributed by atoms with Gasteiger partial charge in [0.25, 0.3) is 0 Å². The Morgan fingerprint density at radius 1 is 1.55 bits per heavy atom. The molecule has 0 aliphatic rings. The average Bonchev–Trinajstić information content (AvgIpc) is 1.83. The SMILES string of the molecule is CCP(=O)(O)OCC(Cl)(Cl)Cl. The summed E-state index contributed by atoms with van der Waals surface area (Å²) in [4.78, 5) is 8.84. The minimum atomic E-state index is -3.52. The minimum absolute atomic E-state index is 0.00769. The Morgan fingerprint density at radius 2 is 2.00 bits per heavy atom. The Morgan fingerprint density at radius 3 is 2.27 bits per heavy atom. The molecular weight excluding hydrogens is 233 g/mol. The summed E-state index contributed by atoms with van der Waals surface area (Å²) < 4.78 is 13.6. The van der Waals surface area contributed by atoms with Crippen molar-refractivity contribution >= 4 is 42.4 Å². The largest absolute Gasteiger partial charge is 0.327 e. The minimum Gasteiger partial charge on any atom is -0.324 e. The second kappa shape index (κ2) is 4.31. The van der Waals surface area contributed by atoms with Gasteiger partial charge < -0.3 is 9.42 Å². The molecule has 0 saturated carbocycles. The molecule has 0 saturated heterocycles. The van der Waals surface area contributed by atoms with Crippen LogP contribution in [0.2, 0.25) is 0 Å². The number of rotatable bonds is 3. The van der Waals surface area contributed by atoms with Gasteiger partial charge in [-0.15, -0.1) is 0 Å². The molecule has 0 heterocycles. The van der Waals surface area contributed by atoms with E-state index < -0.39 is 11.4 Å². The number of alkyl halides is 3. The van der Waals surface area contributed by atoms with Crippen LogP contribution < -0.4 is 0 Å². The molecule has 0 bridgehead atoms. The quantitative estimate of drug-likeness (QED) is 0.610. The van der Waals surface area contributed by atoms with E-state index in [9.17, 15) is 4.57 Å². The lowest BCUT2D eigenvalue weighted by Gasteiger charge is -2.14. The van der Waals surface area contributed by atoms with Gasteiger partial charge in [-0.3, -0.25) is 4.57 Å². The fourth-order valence-electron chi connectivity index (χ4n) is 0.265. The lowest BCUT2D eigenvalue weighted by Crippen LogP contribution is -2.11. The van der Waals surface area contributed by atoms with Crippen LogP contribution in [0.4, 0.5) is 0 Å². The van der Waals surface area contributed by atoms with Crippen LogP contribution in [0, 0.1) is 0 Å². The molecule has 0 aromatic heterocycles. The van der Waals surface area contributed by atoms with Crippen molar-refractivity contribution in [2.75, 3.05) is 12.8 Å². The number of hydrogen-bond donors (Lipinski definition) is 1. The van der Waals surface area contributed by atoms with E-state index >= 15 is 0 Å². The predicted octanol–water partition coefficient (Wildman–Crippen LogP) is 2.58. The summed E-state index contributed by atoms with van der Waals surface area (Å²) in [6.45, 7) is 1.14. The summed E-state index contributed by atoms with van der Waals surface area (Å²) in [6, 6.07) is 0. The average molecular weight is 241 g/mol. The van der Waals surface area contributed by atoms with Crippen molar-refractivity contribution in [3.8, 4) is 0 Å². The zero-order valence-corrected chi connectivity index (χ0v) is 8.92. The summed E-state index contributed by atoms with van der Waals surface area (Å²) in [5.41, 5.74) is 0. The molecule has 7 heteroatoms. The third kappa shape index (κ3) is 7.38. The normalized spacial score (nSPS) is 17.9. The maximum atomic E-state index is 10.8. The maximum Gasteiger partial charge on any atom is 0.327 e. The molecule has 68 valence electrons. The third-order valence-electron chi connectivity index (χ3n) is 0.830. The molecule has 0 amide bonds. The van der Waals surface area contributed by atoms with Crippen molar-refractivity contribution in [2.45, 2.75) is 10.7 Å². The van der Waals surface area contributed by atoms with Gasteiger partial charge in [0.05, 0.1) is 0 Å². The molecule has 0 aliphatic heterocycles. The van der Waals surface area contributed by atoms with E-state index in [1.807, 2.05) is 0 Å². The molecule has 1 N–H and O–H groups in total. The van der Waals surface area contributed by atoms with E-state index in [0.29, 0.717) is 0 Å². The van der Waals surface area contributed by atoms with Crippen molar-refractivity contribution in [3.05, 3.63) is 0 Å². The van der Waals surface area contributed by atoms with Crippen molar-refractivity contribution in [3.63, 3.8) is 0 Å². The summed E-state index contributed by atoms with van der Waals surface area (Å²) >= 11 is 15.8. The van der Waals surface area contributed by atoms with Gasteiger partial charge >= 0.3 is 7.60 Å². The monoisotopic (exact) mass is 240 g/mol. The molecule has 0 aromatic rings. The van der Waals surface area contributed by atoms with Gasteiger partial charge in [0.2, 0.25) is 3.79 Å². The van der Waals surface area contributed by atoms with Crippen LogP contribution in [0.3, 0.4) is 0 Å². The number of halogens is 3. The van der Waals surface area contributed by atoms with Crippen LogP contribution in [0.5, 0.6) is 0 Å². The molecule has 1 unspecified atom stereocenters. The van der Waals surface area contributed by atoms with Crippen LogP contribution in [0.15, 0.2) is 0 Å². The summed E-state index contributed by atoms with van der Waals surface area (Å²) in [6.07, 6.45) is 0.00769. The fourth-order valence-corrected chi connectivity index (χ4v) is 1.24. The van der Waals surface area contributed by atoms with E-state index in [1.54, 1.807) is 0 Å². The van der Waals surface area contributed by atoms with Crippen LogP contribution in [0.1, 0.15) is 6.92 Å². The summed E-state index contributed by atoms with van der Waals surface area (Å²) in [7, 11) is -3.52. The van der Waals surface area contributed by atoms with Crippen molar-refractivity contribution in [1.82, 2.24) is 0 Å². The Balaban J connectivity index is 3.80. The molecule has 0 fully saturated rings. The molecule has 0 aliphatic carbocycles. The molecule has 0 spiro atoms. The Bertz CT molecular complexity index is 166. The van der Waals surface area contributed by atoms with Gasteiger partial charge in [0.1, 0.15) is 6.61 Å². The van der Waals surface area contributed by atoms with Gasteiger partial charge in [-0.2, -0.15) is 0 Å². The first-order chi connectivity index (χ1) is 4.77. The standard InChI is InChI=1S/C4H8Cl3O3P/c1-2-11(8,9)10-3-4(5,6)7/h2-3H2,1H3,(H,8,9). The van der Waals surface area contributed by atoms with Crippen LogP contribution >= 0.6 is 42.4 Å². The molecule has 0 rings (SSSR count). The van der Waals surface area contributed by atoms with Gasteiger partial charge in [-0.1, -0.05) is 41.7 Å². The first kappa shape index (κ1) is 12.0. The Kier molecular flexibility index (Phi) is 4.71. The molecule has 0 aromatic carbocycles. The lowest BCUT2D eigenvalue weighted by atomic mass is 10.9. The zero-order valence-electron chi connectivity index (χ0n) is 5.76. The summed E-state index contributed by atoms with van der Waals surface area (Å²) in [5.74, 6) is 0. The highest BCUT2D eigenvalue weighted by molar-refractivity contribution is 7.52. The van der Waals surface area contributed by atoms with E-state index in [1.165, 1.54) is 6.92 Å². The second-order valence-corrected chi connectivity index (χ2v) is 6.52. The molecule has 11 heavy (non-hydrogen) atoms. The predicted molar refractivity (Wildman–Crippen MR) is 46.6 cm³/mol. The van der Waals surface area contributed by atoms with Gasteiger partial charge in [0, 0.05) is 6.16 Å². The maximum absolute atomic E-state index is 10.8. The first-order valence-electron chi connectivity index (χ1n) is 2.80. The molecule has 0 radical (unpaired) electrons. The van der Waals surface area contributed by atoms with E-state index in [0.717, 1.165) is 0 Å². The fraction of sp³-hybridized carbons (Fsp3) is 1.00. The second-order valence-electron chi connectivity index (χ2n) is 1.84. The molecule has 1 atom stereocenters. The lowest BCUT2D eigenvalue weighted by molar-refractivity contribution is 0.266. The van der Waals surface area contributed by atoms with Crippen molar-refractivity contribution < 1.29 is 14.0 Å². The highest BCUT2D eigenvalue weighted by Crippen LogP contribution is 2.43. The van der Waals surface area contributed by atoms with E-state index in [-0.39, 0.29) is 12.8 Å². The van der Waals surface area contributed by atoms with Gasteiger partial charge in [0.15, 0.2) is 0 Å². The zero-order chi connectivity index (χ0) is 9.12. The Hall–Kier alpha value is 1.02. The van der Waals surface area contributed by atoms with Gasteiger partial charge in [-0.25, -0.2) is 0 Å². The number of hydrogen-bond acceptors (Lipinski definition) is 2. The first-order valence-corrected chi connectivity index (χ1v) is 5.69. The van der Waals surface area contributed by atoms with Crippen LogP contribution in [-0.4, -0.2) is 21.5 Å². The van der Waals surface area contributed by atoms with Gasteiger partial charge in [-0.05, 0) is 0 Å². The van der Waals surface area contributed by atoms with Crippen molar-refractivity contribution in [2.24, 2.45) is 0 Å². The molecular formula is C4H8Cl3O3P. The van der Waals surface area contributed by atoms with Crippen molar-refractivity contribution in [1.29, 1.82) is 0 Å². The third-order valence-corrected chi connectivity index (χ3v) is 2.49.